The smallest absolute Gasteiger partial charge is 0.262 e. The molecule has 1 N–H and O–H groups in total. The van der Waals surface area contributed by atoms with Crippen LogP contribution in [0.1, 0.15) is 38.7 Å². The first-order valence-corrected chi connectivity index (χ1v) is 11.2. The van der Waals surface area contributed by atoms with E-state index in [0.29, 0.717) is 10.9 Å². The van der Waals surface area contributed by atoms with Gasteiger partial charge in [0.1, 0.15) is 5.75 Å². The number of anilines is 2. The van der Waals surface area contributed by atoms with E-state index in [1.165, 1.54) is 0 Å². The van der Waals surface area contributed by atoms with E-state index < -0.39 is 0 Å². The number of piperazine rings is 1. The largest absolute Gasteiger partial charge is 0.483 e. The molecular weight excluding hydrogens is 398 g/mol. The molecule has 6 heteroatoms. The van der Waals surface area contributed by atoms with Gasteiger partial charge in [0.15, 0.2) is 6.61 Å². The second-order valence-electron chi connectivity index (χ2n) is 7.77. The quantitative estimate of drug-likeness (QED) is 0.640. The van der Waals surface area contributed by atoms with Gasteiger partial charge < -0.3 is 19.9 Å². The van der Waals surface area contributed by atoms with Crippen LogP contribution in [-0.2, 0) is 4.79 Å². The lowest BCUT2D eigenvalue weighted by Gasteiger charge is -2.36. The number of nitrogens with zero attached hydrogens (tertiary/aromatic N) is 2. The summed E-state index contributed by atoms with van der Waals surface area (Å²) in [5.41, 5.74) is 2.87. The minimum atomic E-state index is -0.190. The lowest BCUT2D eigenvalue weighted by Crippen LogP contribution is -2.46. The highest BCUT2D eigenvalue weighted by atomic mass is 35.5. The van der Waals surface area contributed by atoms with E-state index >= 15 is 0 Å². The zero-order valence-electron chi connectivity index (χ0n) is 18.2. The summed E-state index contributed by atoms with van der Waals surface area (Å²) < 4.78 is 5.87. The average Bonchev–Trinajstić information content (AvgIpc) is 2.77. The lowest BCUT2D eigenvalue weighted by atomic mass is 9.98. The van der Waals surface area contributed by atoms with E-state index in [1.54, 1.807) is 0 Å². The number of hydrogen-bond donors (Lipinski definition) is 1. The van der Waals surface area contributed by atoms with Crippen LogP contribution < -0.4 is 15.0 Å². The minimum absolute atomic E-state index is 0.0387. The maximum absolute atomic E-state index is 12.7. The summed E-state index contributed by atoms with van der Waals surface area (Å²) in [6, 6.07) is 13.6. The molecule has 1 fully saturated rings. The normalized spacial score (nSPS) is 15.7. The molecule has 2 aromatic carbocycles. The molecule has 3 rings (SSSR count). The van der Waals surface area contributed by atoms with Crippen molar-refractivity contribution >= 4 is 28.9 Å². The van der Waals surface area contributed by atoms with Gasteiger partial charge in [0.05, 0.1) is 11.4 Å². The van der Waals surface area contributed by atoms with Crippen molar-refractivity contribution in [3.05, 3.63) is 53.1 Å². The van der Waals surface area contributed by atoms with E-state index in [-0.39, 0.29) is 12.5 Å². The highest BCUT2D eigenvalue weighted by Gasteiger charge is 2.20. The number of benzene rings is 2. The van der Waals surface area contributed by atoms with Gasteiger partial charge in [0.25, 0.3) is 5.91 Å². The summed E-state index contributed by atoms with van der Waals surface area (Å²) >= 11 is 6.22. The summed E-state index contributed by atoms with van der Waals surface area (Å²) in [5, 5.41) is 3.60. The van der Waals surface area contributed by atoms with Gasteiger partial charge >= 0.3 is 0 Å². The molecule has 30 heavy (non-hydrogen) atoms. The van der Waals surface area contributed by atoms with Crippen LogP contribution in [0.5, 0.6) is 5.75 Å². The van der Waals surface area contributed by atoms with Gasteiger partial charge in [-0.1, -0.05) is 50.6 Å². The van der Waals surface area contributed by atoms with Gasteiger partial charge in [-0.15, -0.1) is 0 Å². The van der Waals surface area contributed by atoms with Gasteiger partial charge in [0, 0.05) is 31.2 Å². The van der Waals surface area contributed by atoms with Gasteiger partial charge in [-0.3, -0.25) is 4.79 Å². The maximum Gasteiger partial charge on any atom is 0.262 e. The number of amides is 1. The zero-order chi connectivity index (χ0) is 21.5. The van der Waals surface area contributed by atoms with Crippen molar-refractivity contribution < 1.29 is 9.53 Å². The van der Waals surface area contributed by atoms with Crippen LogP contribution in [0.4, 0.5) is 11.4 Å². The molecule has 1 saturated heterocycles. The Morgan fingerprint density at radius 1 is 1.13 bits per heavy atom. The fourth-order valence-corrected chi connectivity index (χ4v) is 3.93. The molecule has 2 aromatic rings. The van der Waals surface area contributed by atoms with Crippen LogP contribution >= 0.6 is 11.6 Å². The predicted octanol–water partition coefficient (Wildman–Crippen LogP) is 5.01. The number of para-hydroxylation sites is 1. The molecule has 5 nitrogen and oxygen atoms in total. The van der Waals surface area contributed by atoms with Crippen LogP contribution in [0.25, 0.3) is 0 Å². The molecule has 0 spiro atoms. The van der Waals surface area contributed by atoms with E-state index in [4.69, 9.17) is 16.3 Å². The third kappa shape index (κ3) is 5.67. The third-order valence-electron chi connectivity index (χ3n) is 5.81. The molecule has 1 aliphatic rings. The van der Waals surface area contributed by atoms with Crippen molar-refractivity contribution in [1.29, 1.82) is 0 Å². The highest BCUT2D eigenvalue weighted by Crippen LogP contribution is 2.31. The van der Waals surface area contributed by atoms with Gasteiger partial charge in [-0.05, 0) is 48.7 Å². The van der Waals surface area contributed by atoms with Crippen molar-refractivity contribution in [2.45, 2.75) is 33.1 Å². The average molecular weight is 430 g/mol. The van der Waals surface area contributed by atoms with Crippen LogP contribution in [0.2, 0.25) is 5.02 Å². The standard InChI is InChI=1S/C24H32ClN3O2/c1-4-18(3)20-8-6-7-9-23(20)30-17-24(29)26-21-16-19(25)10-11-22(21)28-14-12-27(5-2)13-15-28/h6-11,16,18H,4-5,12-15,17H2,1-3H3,(H,26,29). The van der Waals surface area contributed by atoms with Crippen molar-refractivity contribution in [2.75, 3.05) is 49.5 Å². The number of carbonyl (C=O) groups is 1. The van der Waals surface area contributed by atoms with Crippen molar-refractivity contribution in [3.63, 3.8) is 0 Å². The van der Waals surface area contributed by atoms with Gasteiger partial charge in [0.2, 0.25) is 0 Å². The number of hydrogen-bond acceptors (Lipinski definition) is 4. The second kappa shape index (κ2) is 10.7. The Morgan fingerprint density at radius 2 is 1.87 bits per heavy atom. The highest BCUT2D eigenvalue weighted by molar-refractivity contribution is 6.31. The number of ether oxygens (including phenoxy) is 1. The molecule has 1 aliphatic heterocycles. The summed E-state index contributed by atoms with van der Waals surface area (Å²) in [6.07, 6.45) is 1.02. The summed E-state index contributed by atoms with van der Waals surface area (Å²) in [7, 11) is 0. The molecule has 1 heterocycles. The number of nitrogens with one attached hydrogen (secondary N) is 1. The molecule has 1 atom stereocenters. The van der Waals surface area contributed by atoms with Crippen molar-refractivity contribution in [2.24, 2.45) is 0 Å². The van der Waals surface area contributed by atoms with Crippen LogP contribution in [0, 0.1) is 0 Å². The van der Waals surface area contributed by atoms with Crippen LogP contribution in [0.15, 0.2) is 42.5 Å². The van der Waals surface area contributed by atoms with E-state index in [2.05, 4.69) is 42.0 Å². The van der Waals surface area contributed by atoms with Crippen LogP contribution in [0.3, 0.4) is 0 Å². The van der Waals surface area contributed by atoms with Gasteiger partial charge in [-0.2, -0.15) is 0 Å². The lowest BCUT2D eigenvalue weighted by molar-refractivity contribution is -0.118. The molecule has 0 saturated carbocycles. The Kier molecular flexibility index (Phi) is 8.00. The van der Waals surface area contributed by atoms with Gasteiger partial charge in [-0.25, -0.2) is 0 Å². The Balaban J connectivity index is 1.67. The minimum Gasteiger partial charge on any atom is -0.483 e. The monoisotopic (exact) mass is 429 g/mol. The Bertz CT molecular complexity index is 850. The first-order chi connectivity index (χ1) is 14.5. The predicted molar refractivity (Wildman–Crippen MR) is 125 cm³/mol. The molecule has 1 unspecified atom stereocenters. The fourth-order valence-electron chi connectivity index (χ4n) is 3.76. The number of rotatable bonds is 8. The zero-order valence-corrected chi connectivity index (χ0v) is 18.9. The summed E-state index contributed by atoms with van der Waals surface area (Å²) in [6.45, 7) is 11.4. The molecule has 0 aromatic heterocycles. The number of likely N-dealkylation sites (N-methyl/N-ethyl adjacent to an activating group) is 1. The molecule has 1 amide bonds. The molecule has 0 aliphatic carbocycles. The first-order valence-electron chi connectivity index (χ1n) is 10.8. The van der Waals surface area contributed by atoms with Crippen molar-refractivity contribution in [1.82, 2.24) is 4.90 Å². The van der Waals surface area contributed by atoms with E-state index in [9.17, 15) is 4.79 Å². The molecule has 0 bridgehead atoms. The Labute approximate surface area is 185 Å². The number of halogens is 1. The molecule has 162 valence electrons. The molecular formula is C24H32ClN3O2. The van der Waals surface area contributed by atoms with E-state index in [1.807, 2.05) is 36.4 Å². The van der Waals surface area contributed by atoms with Crippen molar-refractivity contribution in [3.8, 4) is 5.75 Å². The summed E-state index contributed by atoms with van der Waals surface area (Å²) in [5.74, 6) is 0.958. The fraction of sp³-hybridized carbons (Fsp3) is 0.458. The molecule has 0 radical (unpaired) electrons. The maximum atomic E-state index is 12.7. The third-order valence-corrected chi connectivity index (χ3v) is 6.05. The first kappa shape index (κ1) is 22.4. The second-order valence-corrected chi connectivity index (χ2v) is 8.20. The topological polar surface area (TPSA) is 44.8 Å². The SMILES string of the molecule is CCC(C)c1ccccc1OCC(=O)Nc1cc(Cl)ccc1N1CCN(CC)CC1. The van der Waals surface area contributed by atoms with E-state index in [0.717, 1.165) is 61.8 Å². The summed E-state index contributed by atoms with van der Waals surface area (Å²) in [4.78, 5) is 17.4. The number of carbonyl (C=O) groups excluding carboxylic acids is 1. The Hall–Kier alpha value is -2.24. The van der Waals surface area contributed by atoms with Crippen LogP contribution in [-0.4, -0.2) is 50.1 Å². The Morgan fingerprint density at radius 3 is 2.57 bits per heavy atom.